The molecule has 12 heteroatoms. The molecule has 0 radical (unpaired) electrons. The molecular weight excluding hydrogens is 393 g/mol. The van der Waals surface area contributed by atoms with Gasteiger partial charge in [0.2, 0.25) is 21.1 Å². The Kier molecular flexibility index (Phi) is 5.17. The van der Waals surface area contributed by atoms with E-state index in [4.69, 9.17) is 69.6 Å². The number of nitrogens with zero attached hydrogens (tertiary/aromatic N) is 6. The Morgan fingerprint density at radius 1 is 0.500 bits per heavy atom. The van der Waals surface area contributed by atoms with Gasteiger partial charge in [0.25, 0.3) is 0 Å². The average molecular weight is 393 g/mol. The third-order valence-electron chi connectivity index (χ3n) is 1.75. The van der Waals surface area contributed by atoms with Crippen molar-refractivity contribution in [2.75, 3.05) is 0 Å². The van der Waals surface area contributed by atoms with Crippen LogP contribution in [0.1, 0.15) is 11.6 Å². The maximum absolute atomic E-state index is 6.03. The summed E-state index contributed by atoms with van der Waals surface area (Å²) in [7, 11) is 0. The van der Waals surface area contributed by atoms with Gasteiger partial charge in [-0.25, -0.2) is 0 Å². The van der Waals surface area contributed by atoms with Crippen molar-refractivity contribution in [3.63, 3.8) is 0 Å². The zero-order valence-corrected chi connectivity index (χ0v) is 13.5. The molecular formula is C8Cl6N6. The predicted octanol–water partition coefficient (Wildman–Crippen LogP) is 3.97. The molecule has 0 amide bonds. The van der Waals surface area contributed by atoms with E-state index in [1.165, 1.54) is 0 Å². The van der Waals surface area contributed by atoms with Crippen molar-refractivity contribution in [2.24, 2.45) is 0 Å². The Balaban J connectivity index is 2.54. The topological polar surface area (TPSA) is 77.3 Å². The molecule has 0 aliphatic carbocycles. The van der Waals surface area contributed by atoms with E-state index >= 15 is 0 Å². The quantitative estimate of drug-likeness (QED) is 0.769. The van der Waals surface area contributed by atoms with E-state index in [9.17, 15) is 0 Å². The Bertz CT molecular complexity index is 604. The molecule has 0 saturated carbocycles. The molecule has 104 valence electrons. The summed E-state index contributed by atoms with van der Waals surface area (Å²) in [6, 6.07) is 0. The fourth-order valence-electron chi connectivity index (χ4n) is 1.04. The van der Waals surface area contributed by atoms with Gasteiger partial charge in [0, 0.05) is 0 Å². The minimum atomic E-state index is -0.144. The average Bonchev–Trinajstić information content (AvgIpc) is 2.34. The number of aromatic nitrogens is 6. The lowest BCUT2D eigenvalue weighted by Gasteiger charge is -2.03. The van der Waals surface area contributed by atoms with Crippen LogP contribution in [-0.4, -0.2) is 29.9 Å². The lowest BCUT2D eigenvalue weighted by Crippen LogP contribution is -1.99. The minimum Gasteiger partial charge on any atom is -0.197 e. The van der Waals surface area contributed by atoms with Crippen molar-refractivity contribution in [1.82, 2.24) is 29.9 Å². The molecule has 0 spiro atoms. The molecule has 2 heterocycles. The Hall–Kier alpha value is -0.500. The highest BCUT2D eigenvalue weighted by Gasteiger charge is 2.16. The molecule has 20 heavy (non-hydrogen) atoms. The van der Waals surface area contributed by atoms with Gasteiger partial charge in [-0.2, -0.15) is 29.9 Å². The van der Waals surface area contributed by atoms with Gasteiger partial charge in [-0.3, -0.25) is 0 Å². The highest BCUT2D eigenvalue weighted by molar-refractivity contribution is 6.64. The summed E-state index contributed by atoms with van der Waals surface area (Å²) in [5.41, 5.74) is 0. The number of rotatable bonds is 2. The molecule has 0 fully saturated rings. The van der Waals surface area contributed by atoms with E-state index in [0.717, 1.165) is 0 Å². The number of halogens is 6. The Labute approximate surface area is 142 Å². The molecule has 0 aliphatic heterocycles. The summed E-state index contributed by atoms with van der Waals surface area (Å²) in [5, 5.41) is -0.778. The summed E-state index contributed by atoms with van der Waals surface area (Å²) in [6.07, 6.45) is 0. The highest BCUT2D eigenvalue weighted by Crippen LogP contribution is 2.30. The zero-order chi connectivity index (χ0) is 14.9. The van der Waals surface area contributed by atoms with Crippen molar-refractivity contribution in [2.45, 2.75) is 0 Å². The van der Waals surface area contributed by atoms with Crippen molar-refractivity contribution in [1.29, 1.82) is 0 Å². The third kappa shape index (κ3) is 3.78. The number of hydrogen-bond donors (Lipinski definition) is 0. The van der Waals surface area contributed by atoms with Crippen LogP contribution in [0.2, 0.25) is 21.1 Å². The second-order valence-corrected chi connectivity index (χ2v) is 5.13. The lowest BCUT2D eigenvalue weighted by molar-refractivity contribution is 1.01. The van der Waals surface area contributed by atoms with Crippen LogP contribution in [0.5, 0.6) is 0 Å². The number of hydrogen-bond acceptors (Lipinski definition) is 6. The van der Waals surface area contributed by atoms with E-state index in [0.29, 0.717) is 0 Å². The van der Waals surface area contributed by atoms with Gasteiger partial charge in [0.1, 0.15) is 10.1 Å². The Morgan fingerprint density at radius 3 is 1.00 bits per heavy atom. The van der Waals surface area contributed by atoms with Crippen LogP contribution in [0.25, 0.3) is 10.1 Å². The van der Waals surface area contributed by atoms with Crippen LogP contribution < -0.4 is 0 Å². The normalized spacial score (nSPS) is 12.3. The molecule has 0 unspecified atom stereocenters. The van der Waals surface area contributed by atoms with Gasteiger partial charge in [0.15, 0.2) is 11.6 Å². The van der Waals surface area contributed by atoms with E-state index < -0.39 is 0 Å². The van der Waals surface area contributed by atoms with Crippen LogP contribution in [0.4, 0.5) is 0 Å². The predicted molar refractivity (Wildman–Crippen MR) is 78.2 cm³/mol. The van der Waals surface area contributed by atoms with Crippen LogP contribution in [-0.2, 0) is 0 Å². The monoisotopic (exact) mass is 390 g/mol. The maximum Gasteiger partial charge on any atom is 0.227 e. The van der Waals surface area contributed by atoms with E-state index in [1.807, 2.05) is 0 Å². The van der Waals surface area contributed by atoms with Gasteiger partial charge < -0.3 is 0 Å². The SMILES string of the molecule is ClC(=C(Cl)c1nc(Cl)nc(Cl)n1)c1nc(Cl)nc(Cl)n1. The summed E-state index contributed by atoms with van der Waals surface area (Å²) in [6.45, 7) is 0. The smallest absolute Gasteiger partial charge is 0.197 e. The second-order valence-electron chi connectivity index (χ2n) is 3.02. The molecule has 0 aromatic carbocycles. The highest BCUT2D eigenvalue weighted by atomic mass is 35.5. The molecule has 0 aliphatic rings. The summed E-state index contributed by atoms with van der Waals surface area (Å²) in [4.78, 5) is 22.2. The first kappa shape index (κ1) is 15.9. The first-order valence-corrected chi connectivity index (χ1v) is 6.83. The zero-order valence-electron chi connectivity index (χ0n) is 8.95. The second kappa shape index (κ2) is 6.51. The van der Waals surface area contributed by atoms with E-state index in [2.05, 4.69) is 29.9 Å². The molecule has 0 bridgehead atoms. The van der Waals surface area contributed by atoms with Gasteiger partial charge >= 0.3 is 0 Å². The largest absolute Gasteiger partial charge is 0.227 e. The fraction of sp³-hybridized carbons (Fsp3) is 0. The van der Waals surface area contributed by atoms with Crippen molar-refractivity contribution in [3.8, 4) is 0 Å². The van der Waals surface area contributed by atoms with E-state index in [1.54, 1.807) is 0 Å². The molecule has 2 aromatic rings. The van der Waals surface area contributed by atoms with Crippen LogP contribution in [0.15, 0.2) is 0 Å². The van der Waals surface area contributed by atoms with Gasteiger partial charge in [-0.05, 0) is 46.4 Å². The first-order chi connectivity index (χ1) is 9.36. The first-order valence-electron chi connectivity index (χ1n) is 4.57. The van der Waals surface area contributed by atoms with Crippen LogP contribution in [0, 0.1) is 0 Å². The van der Waals surface area contributed by atoms with Crippen LogP contribution >= 0.6 is 69.6 Å². The summed E-state index contributed by atoms with van der Waals surface area (Å²) >= 11 is 34.6. The van der Waals surface area contributed by atoms with Crippen molar-refractivity contribution in [3.05, 3.63) is 32.8 Å². The lowest BCUT2D eigenvalue weighted by atomic mass is 10.4. The van der Waals surface area contributed by atoms with Gasteiger partial charge in [-0.1, -0.05) is 23.2 Å². The summed E-state index contributed by atoms with van der Waals surface area (Å²) in [5.74, 6) is -0.0938. The maximum atomic E-state index is 6.03. The Morgan fingerprint density at radius 2 is 0.750 bits per heavy atom. The minimum absolute atomic E-state index is 0.0469. The van der Waals surface area contributed by atoms with Crippen molar-refractivity contribution >= 4 is 79.7 Å². The molecule has 0 saturated heterocycles. The van der Waals surface area contributed by atoms with Crippen molar-refractivity contribution < 1.29 is 0 Å². The van der Waals surface area contributed by atoms with Gasteiger partial charge in [-0.15, -0.1) is 0 Å². The summed E-state index contributed by atoms with van der Waals surface area (Å²) < 4.78 is 0. The third-order valence-corrected chi connectivity index (χ3v) is 3.24. The fourth-order valence-corrected chi connectivity index (χ4v) is 2.11. The van der Waals surface area contributed by atoms with Gasteiger partial charge in [0.05, 0.1) is 0 Å². The van der Waals surface area contributed by atoms with Crippen LogP contribution in [0.3, 0.4) is 0 Å². The molecule has 0 N–H and O–H groups in total. The molecule has 6 nitrogen and oxygen atoms in total. The standard InChI is InChI=1S/C8Cl6N6/c9-1(3-15-5(11)19-6(12)16-3)2(10)4-17-7(13)20-8(14)18-4. The molecule has 2 rings (SSSR count). The van der Waals surface area contributed by atoms with E-state index in [-0.39, 0.29) is 42.8 Å². The molecule has 0 atom stereocenters. The molecule has 2 aromatic heterocycles.